The van der Waals surface area contributed by atoms with Gasteiger partial charge in [0.1, 0.15) is 0 Å². The molecule has 0 bridgehead atoms. The fraction of sp³-hybridized carbons (Fsp3) is 0.538. The molecule has 17 heavy (non-hydrogen) atoms. The first kappa shape index (κ1) is 14.8. The summed E-state index contributed by atoms with van der Waals surface area (Å²) in [5.41, 5.74) is 0. The largest absolute Gasteiger partial charge is 0.383 e. The van der Waals surface area contributed by atoms with E-state index in [2.05, 4.69) is 11.4 Å². The van der Waals surface area contributed by atoms with Crippen LogP contribution in [0, 0.1) is 0 Å². The Hall–Kier alpha value is -0.220. The standard InChI is InChI=1S/C13H20ClNOS/c1-16-10-9-15-8-4-5-11-17-13-7-3-2-6-12(13)14/h2-3,6-7,15H,4-5,8-11H2,1H3. The summed E-state index contributed by atoms with van der Waals surface area (Å²) >= 11 is 7.91. The van der Waals surface area contributed by atoms with E-state index in [4.69, 9.17) is 16.3 Å². The summed E-state index contributed by atoms with van der Waals surface area (Å²) in [7, 11) is 1.72. The van der Waals surface area contributed by atoms with Crippen LogP contribution in [-0.4, -0.2) is 32.6 Å². The molecule has 0 heterocycles. The first-order valence-electron chi connectivity index (χ1n) is 5.91. The lowest BCUT2D eigenvalue weighted by Gasteiger charge is -2.05. The van der Waals surface area contributed by atoms with E-state index in [9.17, 15) is 0 Å². The third kappa shape index (κ3) is 6.94. The van der Waals surface area contributed by atoms with E-state index in [1.165, 1.54) is 17.7 Å². The van der Waals surface area contributed by atoms with Crippen molar-refractivity contribution >= 4 is 23.4 Å². The summed E-state index contributed by atoms with van der Waals surface area (Å²) in [5, 5.41) is 4.19. The van der Waals surface area contributed by atoms with Crippen molar-refractivity contribution in [2.45, 2.75) is 17.7 Å². The van der Waals surface area contributed by atoms with E-state index in [1.807, 2.05) is 30.0 Å². The van der Waals surface area contributed by atoms with E-state index in [-0.39, 0.29) is 0 Å². The van der Waals surface area contributed by atoms with E-state index >= 15 is 0 Å². The van der Waals surface area contributed by atoms with Gasteiger partial charge in [-0.05, 0) is 37.3 Å². The maximum Gasteiger partial charge on any atom is 0.0587 e. The number of halogens is 1. The van der Waals surface area contributed by atoms with Gasteiger partial charge in [0, 0.05) is 18.6 Å². The second-order valence-electron chi connectivity index (χ2n) is 3.73. The predicted molar refractivity (Wildman–Crippen MR) is 76.2 cm³/mol. The van der Waals surface area contributed by atoms with Gasteiger partial charge in [0.25, 0.3) is 0 Å². The van der Waals surface area contributed by atoms with Crippen LogP contribution in [0.3, 0.4) is 0 Å². The molecule has 1 aromatic carbocycles. The first-order chi connectivity index (χ1) is 8.34. The molecule has 0 atom stereocenters. The zero-order valence-corrected chi connectivity index (χ0v) is 11.8. The third-order valence-electron chi connectivity index (χ3n) is 2.33. The number of thioether (sulfide) groups is 1. The van der Waals surface area contributed by atoms with Gasteiger partial charge in [-0.25, -0.2) is 0 Å². The molecule has 4 heteroatoms. The zero-order chi connectivity index (χ0) is 12.3. The normalized spacial score (nSPS) is 10.7. The van der Waals surface area contributed by atoms with Gasteiger partial charge >= 0.3 is 0 Å². The Morgan fingerprint density at radius 3 is 2.82 bits per heavy atom. The zero-order valence-electron chi connectivity index (χ0n) is 10.2. The van der Waals surface area contributed by atoms with Gasteiger partial charge in [-0.2, -0.15) is 0 Å². The summed E-state index contributed by atoms with van der Waals surface area (Å²) < 4.78 is 4.96. The van der Waals surface area contributed by atoms with Crippen molar-refractivity contribution in [3.05, 3.63) is 29.3 Å². The molecule has 0 aliphatic carbocycles. The van der Waals surface area contributed by atoms with Gasteiger partial charge in [-0.3, -0.25) is 0 Å². The van der Waals surface area contributed by atoms with Crippen LogP contribution in [0.4, 0.5) is 0 Å². The Balaban J connectivity index is 1.99. The van der Waals surface area contributed by atoms with E-state index in [0.717, 1.165) is 30.5 Å². The fourth-order valence-corrected chi connectivity index (χ4v) is 2.64. The van der Waals surface area contributed by atoms with Crippen molar-refractivity contribution in [3.8, 4) is 0 Å². The molecule has 1 aromatic rings. The van der Waals surface area contributed by atoms with Crippen molar-refractivity contribution < 1.29 is 4.74 Å². The SMILES string of the molecule is COCCNCCCCSc1ccccc1Cl. The van der Waals surface area contributed by atoms with Crippen LogP contribution in [0.1, 0.15) is 12.8 Å². The minimum absolute atomic E-state index is 0.786. The number of unbranched alkanes of at least 4 members (excludes halogenated alkanes) is 1. The van der Waals surface area contributed by atoms with Crippen LogP contribution in [0.15, 0.2) is 29.2 Å². The molecular weight excluding hydrogens is 254 g/mol. The lowest BCUT2D eigenvalue weighted by atomic mass is 10.3. The second kappa shape index (κ2) is 9.77. The van der Waals surface area contributed by atoms with Crippen LogP contribution in [0.2, 0.25) is 5.02 Å². The average molecular weight is 274 g/mol. The highest BCUT2D eigenvalue weighted by Gasteiger charge is 1.98. The predicted octanol–water partition coefficient (Wildman–Crippen LogP) is 3.45. The Morgan fingerprint density at radius 1 is 1.24 bits per heavy atom. The molecule has 0 fully saturated rings. The Labute approximate surface area is 113 Å². The summed E-state index contributed by atoms with van der Waals surface area (Å²) in [6, 6.07) is 8.01. The van der Waals surface area contributed by atoms with Crippen molar-refractivity contribution in [1.82, 2.24) is 5.32 Å². The highest BCUT2D eigenvalue weighted by atomic mass is 35.5. The molecule has 0 radical (unpaired) electrons. The topological polar surface area (TPSA) is 21.3 Å². The van der Waals surface area contributed by atoms with Gasteiger partial charge in [0.15, 0.2) is 0 Å². The Morgan fingerprint density at radius 2 is 2.06 bits per heavy atom. The lowest BCUT2D eigenvalue weighted by molar-refractivity contribution is 0.199. The summed E-state index contributed by atoms with van der Waals surface area (Å²) in [5.74, 6) is 1.12. The number of benzene rings is 1. The summed E-state index contributed by atoms with van der Waals surface area (Å²) in [6.07, 6.45) is 2.40. The monoisotopic (exact) mass is 273 g/mol. The van der Waals surface area contributed by atoms with Gasteiger partial charge in [-0.1, -0.05) is 23.7 Å². The Kier molecular flexibility index (Phi) is 8.53. The molecule has 1 N–H and O–H groups in total. The Bertz CT molecular complexity index is 309. The number of hydrogen-bond donors (Lipinski definition) is 1. The molecule has 2 nitrogen and oxygen atoms in total. The van der Waals surface area contributed by atoms with Crippen molar-refractivity contribution in [3.63, 3.8) is 0 Å². The summed E-state index contributed by atoms with van der Waals surface area (Å²) in [4.78, 5) is 1.18. The second-order valence-corrected chi connectivity index (χ2v) is 5.27. The molecule has 0 amide bonds. The fourth-order valence-electron chi connectivity index (χ4n) is 1.40. The maximum atomic E-state index is 6.07. The lowest BCUT2D eigenvalue weighted by Crippen LogP contribution is -2.20. The third-order valence-corrected chi connectivity index (χ3v) is 3.93. The van der Waals surface area contributed by atoms with Gasteiger partial charge < -0.3 is 10.1 Å². The van der Waals surface area contributed by atoms with E-state index < -0.39 is 0 Å². The summed E-state index contributed by atoms with van der Waals surface area (Å²) in [6.45, 7) is 2.79. The quantitative estimate of drug-likeness (QED) is 0.550. The number of rotatable bonds is 9. The van der Waals surface area contributed by atoms with Gasteiger partial charge in [-0.15, -0.1) is 11.8 Å². The van der Waals surface area contributed by atoms with Gasteiger partial charge in [0.05, 0.1) is 11.6 Å². The van der Waals surface area contributed by atoms with Crippen molar-refractivity contribution in [2.24, 2.45) is 0 Å². The van der Waals surface area contributed by atoms with Crippen LogP contribution in [-0.2, 0) is 4.74 Å². The molecule has 0 aliphatic rings. The highest BCUT2D eigenvalue weighted by Crippen LogP contribution is 2.26. The average Bonchev–Trinajstić information content (AvgIpc) is 2.35. The molecule has 0 spiro atoms. The van der Waals surface area contributed by atoms with E-state index in [1.54, 1.807) is 7.11 Å². The van der Waals surface area contributed by atoms with Crippen LogP contribution in [0.25, 0.3) is 0 Å². The van der Waals surface area contributed by atoms with Gasteiger partial charge in [0.2, 0.25) is 0 Å². The molecule has 0 unspecified atom stereocenters. The maximum absolute atomic E-state index is 6.07. The minimum Gasteiger partial charge on any atom is -0.383 e. The molecule has 0 saturated carbocycles. The van der Waals surface area contributed by atoms with Crippen LogP contribution in [0.5, 0.6) is 0 Å². The number of nitrogens with one attached hydrogen (secondary N) is 1. The van der Waals surface area contributed by atoms with Crippen molar-refractivity contribution in [2.75, 3.05) is 32.6 Å². The van der Waals surface area contributed by atoms with E-state index in [0.29, 0.717) is 0 Å². The molecule has 0 aromatic heterocycles. The molecule has 0 aliphatic heterocycles. The highest BCUT2D eigenvalue weighted by molar-refractivity contribution is 7.99. The molecule has 0 saturated heterocycles. The molecule has 1 rings (SSSR count). The van der Waals surface area contributed by atoms with Crippen molar-refractivity contribution in [1.29, 1.82) is 0 Å². The first-order valence-corrected chi connectivity index (χ1v) is 7.28. The van der Waals surface area contributed by atoms with Crippen LogP contribution < -0.4 is 5.32 Å². The number of methoxy groups -OCH3 is 1. The number of ether oxygens (including phenoxy) is 1. The number of hydrogen-bond acceptors (Lipinski definition) is 3. The van der Waals surface area contributed by atoms with Crippen LogP contribution >= 0.6 is 23.4 Å². The molecular formula is C13H20ClNOS. The molecule has 96 valence electrons. The smallest absolute Gasteiger partial charge is 0.0587 e. The minimum atomic E-state index is 0.786.